The van der Waals surface area contributed by atoms with Gasteiger partial charge in [0.05, 0.1) is 17.9 Å². The van der Waals surface area contributed by atoms with Crippen molar-refractivity contribution >= 4 is 21.6 Å². The number of halogens is 4. The maximum Gasteiger partial charge on any atom is 0.416 e. The molecule has 1 aromatic rings. The summed E-state index contributed by atoms with van der Waals surface area (Å²) in [4.78, 5) is 1.96. The number of benzene rings is 1. The maximum absolute atomic E-state index is 12.6. The number of anilines is 1. The largest absolute Gasteiger partial charge is 0.416 e. The molecule has 0 heterocycles. The quantitative estimate of drug-likeness (QED) is 0.816. The Morgan fingerprint density at radius 3 is 2.50 bits per heavy atom. The fourth-order valence-electron chi connectivity index (χ4n) is 1.78. The number of ether oxygens (including phenoxy) is 1. The van der Waals surface area contributed by atoms with Crippen molar-refractivity contribution in [2.75, 3.05) is 38.3 Å². The Kier molecular flexibility index (Phi) is 6.78. The van der Waals surface area contributed by atoms with E-state index >= 15 is 0 Å². The Labute approximate surface area is 125 Å². The highest BCUT2D eigenvalue weighted by Crippen LogP contribution is 2.35. The van der Waals surface area contributed by atoms with Crippen molar-refractivity contribution < 1.29 is 17.9 Å². The molecule has 0 aromatic heterocycles. The van der Waals surface area contributed by atoms with Gasteiger partial charge in [-0.1, -0.05) is 0 Å². The number of hydrogen-bond acceptors (Lipinski definition) is 3. The minimum Gasteiger partial charge on any atom is -0.383 e. The molecule has 0 spiro atoms. The molecule has 0 saturated heterocycles. The first-order chi connectivity index (χ1) is 9.40. The summed E-state index contributed by atoms with van der Waals surface area (Å²) in [6.07, 6.45) is -3.58. The third kappa shape index (κ3) is 4.96. The molecule has 7 heteroatoms. The zero-order chi connectivity index (χ0) is 15.2. The van der Waals surface area contributed by atoms with Gasteiger partial charge < -0.3 is 15.4 Å². The van der Waals surface area contributed by atoms with Crippen LogP contribution in [-0.4, -0.2) is 33.4 Å². The molecule has 2 N–H and O–H groups in total. The van der Waals surface area contributed by atoms with Crippen molar-refractivity contribution in [1.82, 2.24) is 0 Å². The highest BCUT2D eigenvalue weighted by Gasteiger charge is 2.31. The number of methoxy groups -OCH3 is 1. The zero-order valence-electron chi connectivity index (χ0n) is 11.2. The van der Waals surface area contributed by atoms with Gasteiger partial charge >= 0.3 is 6.18 Å². The van der Waals surface area contributed by atoms with E-state index in [1.165, 1.54) is 6.07 Å². The van der Waals surface area contributed by atoms with Crippen LogP contribution in [0.25, 0.3) is 0 Å². The van der Waals surface area contributed by atoms with Crippen LogP contribution in [0.4, 0.5) is 18.9 Å². The van der Waals surface area contributed by atoms with Gasteiger partial charge in [-0.2, -0.15) is 13.2 Å². The summed E-state index contributed by atoms with van der Waals surface area (Å²) in [6, 6.07) is 3.65. The highest BCUT2D eigenvalue weighted by atomic mass is 79.9. The first-order valence-corrected chi connectivity index (χ1v) is 7.00. The van der Waals surface area contributed by atoms with Crippen LogP contribution < -0.4 is 10.6 Å². The minimum atomic E-state index is -4.34. The van der Waals surface area contributed by atoms with Crippen LogP contribution in [0.5, 0.6) is 0 Å². The molecular formula is C13H18BrF3N2O. The van der Waals surface area contributed by atoms with Crippen LogP contribution >= 0.6 is 15.9 Å². The summed E-state index contributed by atoms with van der Waals surface area (Å²) < 4.78 is 43.3. The van der Waals surface area contributed by atoms with Gasteiger partial charge in [0.1, 0.15) is 0 Å². The zero-order valence-corrected chi connectivity index (χ0v) is 12.8. The molecule has 0 aliphatic heterocycles. The lowest BCUT2D eigenvalue weighted by atomic mass is 10.2. The van der Waals surface area contributed by atoms with E-state index in [2.05, 4.69) is 15.9 Å². The van der Waals surface area contributed by atoms with Gasteiger partial charge in [-0.05, 0) is 47.1 Å². The fraction of sp³-hybridized carbons (Fsp3) is 0.538. The van der Waals surface area contributed by atoms with Gasteiger partial charge in [-0.3, -0.25) is 0 Å². The van der Waals surface area contributed by atoms with E-state index in [0.717, 1.165) is 18.6 Å². The molecule has 0 radical (unpaired) electrons. The minimum absolute atomic E-state index is 0.417. The first kappa shape index (κ1) is 17.3. The van der Waals surface area contributed by atoms with E-state index in [9.17, 15) is 13.2 Å². The standard InChI is InChI=1S/C13H18BrF3N2O/c1-20-8-7-19(6-2-5-18)12-4-3-10(9-11(12)14)13(15,16)17/h3-4,9H,2,5-8,18H2,1H3. The van der Waals surface area contributed by atoms with Gasteiger partial charge in [-0.15, -0.1) is 0 Å². The molecule has 1 aromatic carbocycles. The molecule has 0 unspecified atom stereocenters. The second-order valence-electron chi connectivity index (χ2n) is 4.29. The van der Waals surface area contributed by atoms with Crippen molar-refractivity contribution in [2.24, 2.45) is 5.73 Å². The molecule has 0 amide bonds. The normalized spacial score (nSPS) is 11.7. The third-order valence-corrected chi connectivity index (χ3v) is 3.45. The lowest BCUT2D eigenvalue weighted by Gasteiger charge is -2.26. The lowest BCUT2D eigenvalue weighted by Crippen LogP contribution is -2.30. The van der Waals surface area contributed by atoms with E-state index in [1.54, 1.807) is 7.11 Å². The van der Waals surface area contributed by atoms with Crippen LogP contribution in [0, 0.1) is 0 Å². The number of nitrogens with two attached hydrogens (primary N) is 1. The predicted molar refractivity (Wildman–Crippen MR) is 76.9 cm³/mol. The molecule has 114 valence electrons. The summed E-state index contributed by atoms with van der Waals surface area (Å²) in [5.41, 5.74) is 5.53. The summed E-state index contributed by atoms with van der Waals surface area (Å²) >= 11 is 3.21. The van der Waals surface area contributed by atoms with Crippen LogP contribution in [0.2, 0.25) is 0 Å². The number of rotatable bonds is 7. The van der Waals surface area contributed by atoms with Crippen molar-refractivity contribution in [3.8, 4) is 0 Å². The molecule has 0 aliphatic carbocycles. The molecule has 0 fully saturated rings. The number of hydrogen-bond donors (Lipinski definition) is 1. The van der Waals surface area contributed by atoms with E-state index in [-0.39, 0.29) is 0 Å². The molecule has 0 aliphatic rings. The Hall–Kier alpha value is -0.790. The number of alkyl halides is 3. The van der Waals surface area contributed by atoms with Crippen LogP contribution in [-0.2, 0) is 10.9 Å². The third-order valence-electron chi connectivity index (χ3n) is 2.81. The molecule has 1 rings (SSSR count). The second-order valence-corrected chi connectivity index (χ2v) is 5.14. The van der Waals surface area contributed by atoms with Crippen LogP contribution in [0.1, 0.15) is 12.0 Å². The van der Waals surface area contributed by atoms with Crippen LogP contribution in [0.3, 0.4) is 0 Å². The predicted octanol–water partition coefficient (Wildman–Crippen LogP) is 3.27. The summed E-state index contributed by atoms with van der Waals surface area (Å²) in [7, 11) is 1.59. The summed E-state index contributed by atoms with van der Waals surface area (Å²) in [5, 5.41) is 0. The smallest absolute Gasteiger partial charge is 0.383 e. The lowest BCUT2D eigenvalue weighted by molar-refractivity contribution is -0.137. The Morgan fingerprint density at radius 2 is 2.00 bits per heavy atom. The SMILES string of the molecule is COCCN(CCCN)c1ccc(C(F)(F)F)cc1Br. The first-order valence-electron chi connectivity index (χ1n) is 6.21. The summed E-state index contributed by atoms with van der Waals surface area (Å²) in [5.74, 6) is 0. The fourth-order valence-corrected chi connectivity index (χ4v) is 2.41. The average Bonchev–Trinajstić information content (AvgIpc) is 2.38. The Morgan fingerprint density at radius 1 is 1.30 bits per heavy atom. The molecule has 0 atom stereocenters. The van der Waals surface area contributed by atoms with Gasteiger partial charge in [0.25, 0.3) is 0 Å². The molecule has 20 heavy (non-hydrogen) atoms. The van der Waals surface area contributed by atoms with E-state index in [4.69, 9.17) is 10.5 Å². The Bertz CT molecular complexity index is 419. The van der Waals surface area contributed by atoms with E-state index < -0.39 is 11.7 Å². The van der Waals surface area contributed by atoms with Gasteiger partial charge in [0.2, 0.25) is 0 Å². The monoisotopic (exact) mass is 354 g/mol. The average molecular weight is 355 g/mol. The van der Waals surface area contributed by atoms with Gasteiger partial charge in [0, 0.05) is 24.7 Å². The maximum atomic E-state index is 12.6. The topological polar surface area (TPSA) is 38.5 Å². The second kappa shape index (κ2) is 7.85. The van der Waals surface area contributed by atoms with E-state index in [1.807, 2.05) is 4.90 Å². The molecule has 0 bridgehead atoms. The Balaban J connectivity index is 2.95. The molecule has 0 saturated carbocycles. The number of nitrogens with zero attached hydrogens (tertiary/aromatic N) is 1. The van der Waals surface area contributed by atoms with Gasteiger partial charge in [0.15, 0.2) is 0 Å². The van der Waals surface area contributed by atoms with E-state index in [0.29, 0.717) is 36.4 Å². The van der Waals surface area contributed by atoms with Crippen molar-refractivity contribution in [2.45, 2.75) is 12.6 Å². The van der Waals surface area contributed by atoms with Crippen LogP contribution in [0.15, 0.2) is 22.7 Å². The molecule has 3 nitrogen and oxygen atoms in total. The molecular weight excluding hydrogens is 337 g/mol. The van der Waals surface area contributed by atoms with Crippen molar-refractivity contribution in [3.05, 3.63) is 28.2 Å². The van der Waals surface area contributed by atoms with Crippen molar-refractivity contribution in [1.29, 1.82) is 0 Å². The van der Waals surface area contributed by atoms with Crippen molar-refractivity contribution in [3.63, 3.8) is 0 Å². The summed E-state index contributed by atoms with van der Waals surface area (Å²) in [6.45, 7) is 2.30. The highest BCUT2D eigenvalue weighted by molar-refractivity contribution is 9.10. The van der Waals surface area contributed by atoms with Gasteiger partial charge in [-0.25, -0.2) is 0 Å².